The van der Waals surface area contributed by atoms with Gasteiger partial charge in [-0.2, -0.15) is 0 Å². The molecule has 118 valence electrons. The summed E-state index contributed by atoms with van der Waals surface area (Å²) in [4.78, 5) is 34.3. The average Bonchev–Trinajstić information content (AvgIpc) is 2.52. The number of carbonyl (C=O) groups is 3. The summed E-state index contributed by atoms with van der Waals surface area (Å²) >= 11 is 1.19. The van der Waals surface area contributed by atoms with Crippen LogP contribution in [0.25, 0.3) is 0 Å². The molecule has 0 aromatic heterocycles. The van der Waals surface area contributed by atoms with Gasteiger partial charge in [0.25, 0.3) is 0 Å². The van der Waals surface area contributed by atoms with E-state index in [4.69, 9.17) is 9.47 Å². The highest BCUT2D eigenvalue weighted by atomic mass is 32.2. The van der Waals surface area contributed by atoms with Crippen molar-refractivity contribution in [1.82, 2.24) is 0 Å². The van der Waals surface area contributed by atoms with E-state index in [1.54, 1.807) is 24.3 Å². The molecule has 0 spiro atoms. The van der Waals surface area contributed by atoms with Crippen LogP contribution in [-0.4, -0.2) is 42.4 Å². The van der Waals surface area contributed by atoms with Gasteiger partial charge in [0, 0.05) is 11.1 Å². The Morgan fingerprint density at radius 2 is 1.68 bits per heavy atom. The van der Waals surface area contributed by atoms with Crippen molar-refractivity contribution in [3.05, 3.63) is 48.0 Å². The Balaban J connectivity index is 2.12. The number of ketones is 1. The third-order valence-electron chi connectivity index (χ3n) is 2.48. The molecule has 0 bridgehead atoms. The third kappa shape index (κ3) is 7.08. The summed E-state index contributed by atoms with van der Waals surface area (Å²) in [5, 5.41) is 0. The molecule has 0 heterocycles. The number of hydrogen-bond donors (Lipinski definition) is 0. The number of hydrogen-bond acceptors (Lipinski definition) is 6. The van der Waals surface area contributed by atoms with Gasteiger partial charge in [0.15, 0.2) is 5.78 Å². The summed E-state index contributed by atoms with van der Waals surface area (Å²) in [6.07, 6.45) is 0. The van der Waals surface area contributed by atoms with Crippen LogP contribution in [0.4, 0.5) is 0 Å². The summed E-state index contributed by atoms with van der Waals surface area (Å²) in [7, 11) is 0. The molecule has 5 nitrogen and oxygen atoms in total. The van der Waals surface area contributed by atoms with E-state index in [1.807, 2.05) is 6.07 Å². The fraction of sp³-hybridized carbons (Fsp3) is 0.312. The highest BCUT2D eigenvalue weighted by Gasteiger charge is 2.09. The Labute approximate surface area is 133 Å². The molecule has 0 saturated heterocycles. The predicted octanol–water partition coefficient (Wildman–Crippen LogP) is 2.27. The Kier molecular flexibility index (Phi) is 7.99. The van der Waals surface area contributed by atoms with Gasteiger partial charge in [-0.1, -0.05) is 36.9 Å². The van der Waals surface area contributed by atoms with Gasteiger partial charge in [-0.15, -0.1) is 11.8 Å². The predicted molar refractivity (Wildman–Crippen MR) is 84.8 cm³/mol. The maximum Gasteiger partial charge on any atom is 0.333 e. The van der Waals surface area contributed by atoms with E-state index >= 15 is 0 Å². The minimum Gasteiger partial charge on any atom is -0.461 e. The molecule has 0 aliphatic rings. The fourth-order valence-corrected chi connectivity index (χ4v) is 2.09. The van der Waals surface area contributed by atoms with Crippen molar-refractivity contribution in [1.29, 1.82) is 0 Å². The monoisotopic (exact) mass is 322 g/mol. The number of esters is 2. The van der Waals surface area contributed by atoms with E-state index in [0.717, 1.165) is 0 Å². The number of ether oxygens (including phenoxy) is 2. The van der Waals surface area contributed by atoms with Crippen molar-refractivity contribution in [3.8, 4) is 0 Å². The molecule has 0 saturated carbocycles. The standard InChI is InChI=1S/C16H18O5S/c1-12(2)16(19)21-9-8-20-15(18)11-22-10-14(17)13-6-4-3-5-7-13/h3-7H,1,8-11H2,2H3. The van der Waals surface area contributed by atoms with Gasteiger partial charge in [-0.3, -0.25) is 9.59 Å². The van der Waals surface area contributed by atoms with Gasteiger partial charge in [-0.25, -0.2) is 4.79 Å². The van der Waals surface area contributed by atoms with Crippen molar-refractivity contribution in [2.24, 2.45) is 0 Å². The molecule has 1 rings (SSSR count). The second-order valence-electron chi connectivity index (χ2n) is 4.42. The molecular formula is C16H18O5S. The summed E-state index contributed by atoms with van der Waals surface area (Å²) in [6.45, 7) is 4.95. The molecule has 0 atom stereocenters. The quantitative estimate of drug-likeness (QED) is 0.301. The zero-order valence-corrected chi connectivity index (χ0v) is 13.2. The molecule has 1 aromatic carbocycles. The van der Waals surface area contributed by atoms with Crippen molar-refractivity contribution in [3.63, 3.8) is 0 Å². The first-order valence-electron chi connectivity index (χ1n) is 6.65. The van der Waals surface area contributed by atoms with E-state index in [1.165, 1.54) is 18.7 Å². The average molecular weight is 322 g/mol. The van der Waals surface area contributed by atoms with Gasteiger partial charge in [0.1, 0.15) is 13.2 Å². The van der Waals surface area contributed by atoms with E-state index < -0.39 is 11.9 Å². The Morgan fingerprint density at radius 3 is 2.32 bits per heavy atom. The lowest BCUT2D eigenvalue weighted by Crippen LogP contribution is -2.16. The lowest BCUT2D eigenvalue weighted by Gasteiger charge is -2.06. The van der Waals surface area contributed by atoms with Crippen LogP contribution in [0.3, 0.4) is 0 Å². The van der Waals surface area contributed by atoms with Crippen LogP contribution >= 0.6 is 11.8 Å². The van der Waals surface area contributed by atoms with E-state index in [0.29, 0.717) is 11.1 Å². The first kappa shape index (κ1) is 18.0. The molecule has 6 heteroatoms. The van der Waals surface area contributed by atoms with Crippen molar-refractivity contribution >= 4 is 29.5 Å². The second-order valence-corrected chi connectivity index (χ2v) is 5.40. The minimum absolute atomic E-state index is 0.00888. The van der Waals surface area contributed by atoms with E-state index in [2.05, 4.69) is 6.58 Å². The molecule has 0 N–H and O–H groups in total. The highest BCUT2D eigenvalue weighted by Crippen LogP contribution is 2.07. The molecular weight excluding hydrogens is 304 g/mol. The Bertz CT molecular complexity index is 539. The van der Waals surface area contributed by atoms with E-state index in [9.17, 15) is 14.4 Å². The van der Waals surface area contributed by atoms with Crippen LogP contribution in [0.1, 0.15) is 17.3 Å². The van der Waals surface area contributed by atoms with Gasteiger partial charge in [0.05, 0.1) is 11.5 Å². The van der Waals surface area contributed by atoms with Crippen LogP contribution in [0.2, 0.25) is 0 Å². The minimum atomic E-state index is -0.515. The maximum atomic E-state index is 11.8. The number of Topliss-reactive ketones (excluding diaryl/α,β-unsaturated/α-hetero) is 1. The molecule has 0 fully saturated rings. The fourth-order valence-electron chi connectivity index (χ4n) is 1.39. The molecule has 22 heavy (non-hydrogen) atoms. The summed E-state index contributed by atoms with van der Waals surface area (Å²) in [5.74, 6) is -0.707. The molecule has 1 aromatic rings. The molecule has 0 aliphatic heterocycles. The van der Waals surface area contributed by atoms with Gasteiger partial charge in [-0.05, 0) is 6.92 Å². The Morgan fingerprint density at radius 1 is 1.05 bits per heavy atom. The molecule has 0 unspecified atom stereocenters. The summed E-state index contributed by atoms with van der Waals surface area (Å²) in [5.41, 5.74) is 0.913. The highest BCUT2D eigenvalue weighted by molar-refractivity contribution is 8.00. The third-order valence-corrected chi connectivity index (χ3v) is 3.38. The van der Waals surface area contributed by atoms with Gasteiger partial charge >= 0.3 is 11.9 Å². The Hall–Kier alpha value is -2.08. The summed E-state index contributed by atoms with van der Waals surface area (Å²) < 4.78 is 9.66. The molecule has 0 amide bonds. The lowest BCUT2D eigenvalue weighted by molar-refractivity contribution is -0.148. The first-order chi connectivity index (χ1) is 10.5. The zero-order valence-electron chi connectivity index (χ0n) is 12.4. The zero-order chi connectivity index (χ0) is 16.4. The SMILES string of the molecule is C=C(C)C(=O)OCCOC(=O)CSCC(=O)c1ccccc1. The number of thioether (sulfide) groups is 1. The van der Waals surface area contributed by atoms with Crippen molar-refractivity contribution in [2.45, 2.75) is 6.92 Å². The van der Waals surface area contributed by atoms with Crippen molar-refractivity contribution < 1.29 is 23.9 Å². The van der Waals surface area contributed by atoms with Gasteiger partial charge in [0.2, 0.25) is 0 Å². The van der Waals surface area contributed by atoms with Crippen LogP contribution in [0, 0.1) is 0 Å². The molecule has 0 radical (unpaired) electrons. The molecule has 0 aliphatic carbocycles. The first-order valence-corrected chi connectivity index (χ1v) is 7.80. The largest absolute Gasteiger partial charge is 0.461 e. The van der Waals surface area contributed by atoms with Crippen LogP contribution in [0.15, 0.2) is 42.5 Å². The lowest BCUT2D eigenvalue weighted by atomic mass is 10.2. The van der Waals surface area contributed by atoms with Crippen LogP contribution in [-0.2, 0) is 19.1 Å². The summed E-state index contributed by atoms with van der Waals surface area (Å²) in [6, 6.07) is 8.88. The maximum absolute atomic E-state index is 11.8. The number of benzene rings is 1. The normalized spacial score (nSPS) is 9.86. The second kappa shape index (κ2) is 9.78. The topological polar surface area (TPSA) is 69.7 Å². The van der Waals surface area contributed by atoms with Crippen molar-refractivity contribution in [2.75, 3.05) is 24.7 Å². The number of carbonyl (C=O) groups excluding carboxylic acids is 3. The van der Waals surface area contributed by atoms with Gasteiger partial charge < -0.3 is 9.47 Å². The smallest absolute Gasteiger partial charge is 0.333 e. The number of rotatable bonds is 9. The van der Waals surface area contributed by atoms with Crippen LogP contribution < -0.4 is 0 Å². The van der Waals surface area contributed by atoms with Crippen LogP contribution in [0.5, 0.6) is 0 Å². The van der Waals surface area contributed by atoms with E-state index in [-0.39, 0.29) is 30.5 Å².